The van der Waals surface area contributed by atoms with Gasteiger partial charge in [-0.05, 0) is 12.5 Å². The van der Waals surface area contributed by atoms with Crippen LogP contribution in [-0.2, 0) is 0 Å². The van der Waals surface area contributed by atoms with E-state index < -0.39 is 0 Å². The molecule has 2 N–H and O–H groups in total. The molecule has 0 radical (unpaired) electrons. The van der Waals surface area contributed by atoms with Gasteiger partial charge in [-0.15, -0.1) is 11.3 Å². The molecule has 1 aromatic heterocycles. The third-order valence-electron chi connectivity index (χ3n) is 2.55. The highest BCUT2D eigenvalue weighted by Crippen LogP contribution is 2.30. The number of anilines is 1. The van der Waals surface area contributed by atoms with Crippen LogP contribution >= 0.6 is 11.3 Å². The maximum Gasteiger partial charge on any atom is 0.160 e. The average molecular weight is 243 g/mol. The van der Waals surface area contributed by atoms with E-state index in [1.165, 1.54) is 11.3 Å². The summed E-state index contributed by atoms with van der Waals surface area (Å²) < 4.78 is 0. The molecule has 17 heavy (non-hydrogen) atoms. The summed E-state index contributed by atoms with van der Waals surface area (Å²) in [6.07, 6.45) is 4.72. The summed E-state index contributed by atoms with van der Waals surface area (Å²) in [6.45, 7) is 1.92. The lowest BCUT2D eigenvalue weighted by atomic mass is 10.1. The first-order valence-electron chi connectivity index (χ1n) is 5.29. The van der Waals surface area contributed by atoms with Gasteiger partial charge in [-0.25, -0.2) is 0 Å². The summed E-state index contributed by atoms with van der Waals surface area (Å²) in [4.78, 5) is 12.6. The minimum absolute atomic E-state index is 0.687. The van der Waals surface area contributed by atoms with Crippen molar-refractivity contribution in [3.8, 4) is 0 Å². The molecule has 0 aliphatic heterocycles. The number of carbonyl (C=O) groups excluding carboxylic acids is 1. The third kappa shape index (κ3) is 2.45. The van der Waals surface area contributed by atoms with Crippen LogP contribution in [0.5, 0.6) is 0 Å². The van der Waals surface area contributed by atoms with Crippen molar-refractivity contribution in [2.75, 3.05) is 5.73 Å². The SMILES string of the molecule is Cc1sc(C=O)c(C=Cc2ccccc2)c1N. The van der Waals surface area contributed by atoms with Crippen molar-refractivity contribution in [3.05, 3.63) is 51.2 Å². The van der Waals surface area contributed by atoms with Gasteiger partial charge in [-0.3, -0.25) is 4.79 Å². The van der Waals surface area contributed by atoms with Gasteiger partial charge in [0, 0.05) is 10.4 Å². The molecule has 0 atom stereocenters. The zero-order valence-electron chi connectivity index (χ0n) is 9.51. The number of thiophene rings is 1. The van der Waals surface area contributed by atoms with Gasteiger partial charge in [-0.2, -0.15) is 0 Å². The highest BCUT2D eigenvalue weighted by atomic mass is 32.1. The van der Waals surface area contributed by atoms with Gasteiger partial charge in [0.2, 0.25) is 0 Å². The predicted molar refractivity (Wildman–Crippen MR) is 74.2 cm³/mol. The summed E-state index contributed by atoms with van der Waals surface area (Å²) in [5, 5.41) is 0. The molecule has 2 nitrogen and oxygen atoms in total. The van der Waals surface area contributed by atoms with Gasteiger partial charge in [0.1, 0.15) is 0 Å². The van der Waals surface area contributed by atoms with Gasteiger partial charge < -0.3 is 5.73 Å². The molecule has 1 aromatic carbocycles. The number of nitrogens with two attached hydrogens (primary N) is 1. The van der Waals surface area contributed by atoms with Crippen molar-refractivity contribution < 1.29 is 4.79 Å². The second-order valence-electron chi connectivity index (χ2n) is 3.71. The molecule has 0 bridgehead atoms. The number of benzene rings is 1. The van der Waals surface area contributed by atoms with Crippen LogP contribution in [0.25, 0.3) is 12.2 Å². The summed E-state index contributed by atoms with van der Waals surface area (Å²) in [5.74, 6) is 0. The van der Waals surface area contributed by atoms with E-state index in [1.54, 1.807) is 0 Å². The molecular formula is C14H13NOS. The molecular weight excluding hydrogens is 230 g/mol. The Kier molecular flexibility index (Phi) is 3.40. The van der Waals surface area contributed by atoms with Crippen LogP contribution in [0, 0.1) is 6.92 Å². The molecule has 0 aliphatic rings. The number of hydrogen-bond donors (Lipinski definition) is 1. The van der Waals surface area contributed by atoms with Crippen molar-refractivity contribution in [2.45, 2.75) is 6.92 Å². The van der Waals surface area contributed by atoms with Gasteiger partial charge >= 0.3 is 0 Å². The lowest BCUT2D eigenvalue weighted by Crippen LogP contribution is -1.88. The minimum Gasteiger partial charge on any atom is -0.397 e. The minimum atomic E-state index is 0.687. The van der Waals surface area contributed by atoms with E-state index in [1.807, 2.05) is 49.4 Å². The second-order valence-corrected chi connectivity index (χ2v) is 4.97. The van der Waals surface area contributed by atoms with E-state index in [2.05, 4.69) is 0 Å². The van der Waals surface area contributed by atoms with Crippen molar-refractivity contribution in [1.82, 2.24) is 0 Å². The molecule has 0 saturated heterocycles. The normalized spacial score (nSPS) is 10.9. The van der Waals surface area contributed by atoms with Crippen LogP contribution < -0.4 is 5.73 Å². The standard InChI is InChI=1S/C14H13NOS/c1-10-14(15)12(13(9-16)17-10)8-7-11-5-3-2-4-6-11/h2-9H,15H2,1H3. The number of hydrogen-bond acceptors (Lipinski definition) is 3. The fourth-order valence-electron chi connectivity index (χ4n) is 1.60. The number of aldehydes is 1. The zero-order valence-corrected chi connectivity index (χ0v) is 10.3. The summed E-state index contributed by atoms with van der Waals surface area (Å²) in [7, 11) is 0. The Labute approximate surface area is 104 Å². The van der Waals surface area contributed by atoms with Crippen LogP contribution in [-0.4, -0.2) is 6.29 Å². The van der Waals surface area contributed by atoms with E-state index in [9.17, 15) is 4.79 Å². The van der Waals surface area contributed by atoms with E-state index in [4.69, 9.17) is 5.73 Å². The molecule has 0 spiro atoms. The zero-order chi connectivity index (χ0) is 12.3. The second kappa shape index (κ2) is 4.97. The van der Waals surface area contributed by atoms with Crippen molar-refractivity contribution in [2.24, 2.45) is 0 Å². The van der Waals surface area contributed by atoms with Gasteiger partial charge in [0.05, 0.1) is 10.6 Å². The first-order valence-corrected chi connectivity index (χ1v) is 6.11. The molecule has 0 aliphatic carbocycles. The molecule has 2 aromatic rings. The van der Waals surface area contributed by atoms with E-state index in [-0.39, 0.29) is 0 Å². The van der Waals surface area contributed by atoms with Crippen molar-refractivity contribution in [1.29, 1.82) is 0 Å². The Balaban J connectivity index is 2.36. The number of aryl methyl sites for hydroxylation is 1. The van der Waals surface area contributed by atoms with Gasteiger partial charge in [-0.1, -0.05) is 42.5 Å². The van der Waals surface area contributed by atoms with Crippen molar-refractivity contribution in [3.63, 3.8) is 0 Å². The molecule has 86 valence electrons. The molecule has 2 rings (SSSR count). The quantitative estimate of drug-likeness (QED) is 0.837. The van der Waals surface area contributed by atoms with E-state index >= 15 is 0 Å². The smallest absolute Gasteiger partial charge is 0.160 e. The third-order valence-corrected chi connectivity index (χ3v) is 3.61. The Morgan fingerprint density at radius 3 is 2.53 bits per heavy atom. The molecule has 1 heterocycles. The number of nitrogen functional groups attached to an aromatic ring is 1. The fourth-order valence-corrected chi connectivity index (χ4v) is 2.49. The topological polar surface area (TPSA) is 43.1 Å². The first kappa shape index (κ1) is 11.6. The summed E-state index contributed by atoms with van der Waals surface area (Å²) in [6, 6.07) is 9.93. The highest BCUT2D eigenvalue weighted by Gasteiger charge is 2.09. The predicted octanol–water partition coefficient (Wildman–Crippen LogP) is 3.62. The van der Waals surface area contributed by atoms with Crippen molar-refractivity contribution >= 4 is 35.5 Å². The Hall–Kier alpha value is -1.87. The molecule has 0 amide bonds. The van der Waals surface area contributed by atoms with Crippen LogP contribution in [0.4, 0.5) is 5.69 Å². The van der Waals surface area contributed by atoms with Crippen LogP contribution in [0.2, 0.25) is 0 Å². The molecule has 0 unspecified atom stereocenters. The molecule has 0 saturated carbocycles. The monoisotopic (exact) mass is 243 g/mol. The van der Waals surface area contributed by atoms with Crippen LogP contribution in [0.1, 0.15) is 25.7 Å². The first-order chi connectivity index (χ1) is 8.22. The Bertz CT molecular complexity index is 555. The van der Waals surface area contributed by atoms with Gasteiger partial charge in [0.15, 0.2) is 6.29 Å². The lowest BCUT2D eigenvalue weighted by molar-refractivity contribution is 0.112. The largest absolute Gasteiger partial charge is 0.397 e. The summed E-state index contributed by atoms with van der Waals surface area (Å²) in [5.41, 5.74) is 8.56. The highest BCUT2D eigenvalue weighted by molar-refractivity contribution is 7.14. The number of rotatable bonds is 3. The molecule has 3 heteroatoms. The van der Waals surface area contributed by atoms with E-state index in [0.717, 1.165) is 22.3 Å². The lowest BCUT2D eigenvalue weighted by Gasteiger charge is -1.95. The van der Waals surface area contributed by atoms with Crippen LogP contribution in [0.15, 0.2) is 30.3 Å². The molecule has 0 fully saturated rings. The fraction of sp³-hybridized carbons (Fsp3) is 0.0714. The van der Waals surface area contributed by atoms with E-state index in [0.29, 0.717) is 10.6 Å². The van der Waals surface area contributed by atoms with Gasteiger partial charge in [0.25, 0.3) is 0 Å². The Morgan fingerprint density at radius 1 is 1.18 bits per heavy atom. The number of carbonyl (C=O) groups is 1. The maximum atomic E-state index is 10.9. The Morgan fingerprint density at radius 2 is 1.88 bits per heavy atom. The van der Waals surface area contributed by atoms with Crippen LogP contribution in [0.3, 0.4) is 0 Å². The maximum absolute atomic E-state index is 10.9. The average Bonchev–Trinajstić information content (AvgIpc) is 2.64. The summed E-state index contributed by atoms with van der Waals surface area (Å²) >= 11 is 1.43.